The van der Waals surface area contributed by atoms with Crippen LogP contribution in [0.5, 0.6) is 0 Å². The summed E-state index contributed by atoms with van der Waals surface area (Å²) in [7, 11) is 0. The molecular weight excluding hydrogens is 234 g/mol. The zero-order valence-electron chi connectivity index (χ0n) is 10.7. The van der Waals surface area contributed by atoms with Crippen LogP contribution in [0.2, 0.25) is 0 Å². The molecular formula is C13H17NO4. The number of esters is 2. The minimum atomic E-state index is -0.931. The van der Waals surface area contributed by atoms with E-state index in [-0.39, 0.29) is 6.61 Å². The first-order valence-corrected chi connectivity index (χ1v) is 5.69. The van der Waals surface area contributed by atoms with Crippen molar-refractivity contribution in [2.75, 3.05) is 12.3 Å². The molecule has 0 heterocycles. The van der Waals surface area contributed by atoms with E-state index in [1.165, 1.54) is 13.0 Å². The summed E-state index contributed by atoms with van der Waals surface area (Å²) in [4.78, 5) is 23.0. The summed E-state index contributed by atoms with van der Waals surface area (Å²) in [5.74, 6) is -1.16. The highest BCUT2D eigenvalue weighted by Gasteiger charge is 2.20. The summed E-state index contributed by atoms with van der Waals surface area (Å²) in [6.45, 7) is 5.24. The number of aryl methyl sites for hydroxylation is 1. The van der Waals surface area contributed by atoms with Crippen LogP contribution in [0.25, 0.3) is 0 Å². The van der Waals surface area contributed by atoms with Gasteiger partial charge in [-0.1, -0.05) is 6.07 Å². The first kappa shape index (κ1) is 14.0. The van der Waals surface area contributed by atoms with E-state index in [4.69, 9.17) is 15.2 Å². The summed E-state index contributed by atoms with van der Waals surface area (Å²) in [6.07, 6.45) is -0.931. The number of carbonyl (C=O) groups is 2. The maximum absolute atomic E-state index is 11.7. The van der Waals surface area contributed by atoms with E-state index in [1.54, 1.807) is 19.1 Å². The Bertz CT molecular complexity index is 456. The van der Waals surface area contributed by atoms with Crippen molar-refractivity contribution < 1.29 is 19.1 Å². The molecule has 0 bridgehead atoms. The lowest BCUT2D eigenvalue weighted by atomic mass is 10.1. The van der Waals surface area contributed by atoms with Crippen LogP contribution < -0.4 is 5.73 Å². The number of benzene rings is 1. The zero-order chi connectivity index (χ0) is 13.7. The molecule has 0 saturated carbocycles. The van der Waals surface area contributed by atoms with Crippen LogP contribution in [0.1, 0.15) is 29.8 Å². The Balaban J connectivity index is 2.70. The number of ether oxygens (including phenoxy) is 2. The van der Waals surface area contributed by atoms with E-state index in [0.29, 0.717) is 11.3 Å². The Kier molecular flexibility index (Phi) is 4.71. The summed E-state index contributed by atoms with van der Waals surface area (Å²) >= 11 is 0. The predicted molar refractivity (Wildman–Crippen MR) is 67.1 cm³/mol. The molecule has 1 unspecified atom stereocenters. The normalized spacial score (nSPS) is 11.7. The molecule has 0 aromatic heterocycles. The molecule has 0 aliphatic heterocycles. The van der Waals surface area contributed by atoms with E-state index in [2.05, 4.69) is 0 Å². The monoisotopic (exact) mass is 251 g/mol. The number of anilines is 1. The van der Waals surface area contributed by atoms with Gasteiger partial charge in [0, 0.05) is 5.69 Å². The van der Waals surface area contributed by atoms with Crippen molar-refractivity contribution in [1.29, 1.82) is 0 Å². The van der Waals surface area contributed by atoms with Crippen molar-refractivity contribution in [1.82, 2.24) is 0 Å². The molecule has 1 aromatic carbocycles. The van der Waals surface area contributed by atoms with Crippen LogP contribution in [-0.2, 0) is 14.3 Å². The Morgan fingerprint density at radius 2 is 2.06 bits per heavy atom. The van der Waals surface area contributed by atoms with Crippen molar-refractivity contribution in [3.05, 3.63) is 29.3 Å². The molecule has 0 fully saturated rings. The minimum Gasteiger partial charge on any atom is -0.463 e. The molecule has 18 heavy (non-hydrogen) atoms. The Morgan fingerprint density at radius 3 is 2.61 bits per heavy atom. The summed E-state index contributed by atoms with van der Waals surface area (Å²) in [6, 6.07) is 4.85. The molecule has 2 N–H and O–H groups in total. The second-order valence-electron chi connectivity index (χ2n) is 3.87. The van der Waals surface area contributed by atoms with Crippen LogP contribution in [0.15, 0.2) is 18.2 Å². The lowest BCUT2D eigenvalue weighted by Crippen LogP contribution is -2.26. The molecule has 0 radical (unpaired) electrons. The van der Waals surface area contributed by atoms with Gasteiger partial charge in [0.2, 0.25) is 0 Å². The van der Waals surface area contributed by atoms with Gasteiger partial charge in [-0.25, -0.2) is 9.59 Å². The fourth-order valence-corrected chi connectivity index (χ4v) is 1.30. The predicted octanol–water partition coefficient (Wildman–Crippen LogP) is 1.69. The minimum absolute atomic E-state index is 0.248. The molecule has 1 rings (SSSR count). The molecule has 1 atom stereocenters. The number of nitrogen functional groups attached to an aromatic ring is 1. The van der Waals surface area contributed by atoms with Gasteiger partial charge in [-0.2, -0.15) is 0 Å². The lowest BCUT2D eigenvalue weighted by molar-refractivity contribution is -0.152. The molecule has 0 spiro atoms. The SMILES string of the molecule is CCOC(=O)C(C)OC(=O)c1ccc(C)c(N)c1. The van der Waals surface area contributed by atoms with Gasteiger partial charge in [-0.3, -0.25) is 0 Å². The largest absolute Gasteiger partial charge is 0.463 e. The fraction of sp³-hybridized carbons (Fsp3) is 0.385. The Labute approximate surface area is 106 Å². The van der Waals surface area contributed by atoms with Gasteiger partial charge in [0.05, 0.1) is 12.2 Å². The van der Waals surface area contributed by atoms with E-state index in [1.807, 2.05) is 6.92 Å². The molecule has 0 amide bonds. The first-order valence-electron chi connectivity index (χ1n) is 5.69. The first-order chi connectivity index (χ1) is 8.45. The van der Waals surface area contributed by atoms with E-state index < -0.39 is 18.0 Å². The third kappa shape index (κ3) is 3.48. The summed E-state index contributed by atoms with van der Waals surface area (Å²) in [5, 5.41) is 0. The number of rotatable bonds is 4. The van der Waals surface area contributed by atoms with Gasteiger partial charge in [0.1, 0.15) is 0 Å². The topological polar surface area (TPSA) is 78.6 Å². The van der Waals surface area contributed by atoms with Crippen LogP contribution in [-0.4, -0.2) is 24.6 Å². The van der Waals surface area contributed by atoms with Gasteiger partial charge in [-0.15, -0.1) is 0 Å². The maximum atomic E-state index is 11.7. The van der Waals surface area contributed by atoms with Crippen LogP contribution in [0.4, 0.5) is 5.69 Å². The highest BCUT2D eigenvalue weighted by atomic mass is 16.6. The van der Waals surface area contributed by atoms with E-state index >= 15 is 0 Å². The Hall–Kier alpha value is -2.04. The second-order valence-corrected chi connectivity index (χ2v) is 3.87. The van der Waals surface area contributed by atoms with Gasteiger partial charge >= 0.3 is 11.9 Å². The number of hydrogen-bond acceptors (Lipinski definition) is 5. The number of nitrogens with two attached hydrogens (primary N) is 1. The van der Waals surface area contributed by atoms with Crippen molar-refractivity contribution in [3.63, 3.8) is 0 Å². The summed E-state index contributed by atoms with van der Waals surface area (Å²) < 4.78 is 9.72. The van der Waals surface area contributed by atoms with Gasteiger partial charge in [-0.05, 0) is 38.5 Å². The van der Waals surface area contributed by atoms with Crippen LogP contribution in [0, 0.1) is 6.92 Å². The van der Waals surface area contributed by atoms with Crippen molar-refractivity contribution in [2.24, 2.45) is 0 Å². The molecule has 1 aromatic rings. The maximum Gasteiger partial charge on any atom is 0.347 e. The van der Waals surface area contributed by atoms with Crippen LogP contribution >= 0.6 is 0 Å². The third-order valence-corrected chi connectivity index (χ3v) is 2.42. The molecule has 5 nitrogen and oxygen atoms in total. The van der Waals surface area contributed by atoms with E-state index in [9.17, 15) is 9.59 Å². The van der Waals surface area contributed by atoms with Crippen molar-refractivity contribution in [3.8, 4) is 0 Å². The number of hydrogen-bond donors (Lipinski definition) is 1. The Morgan fingerprint density at radius 1 is 1.39 bits per heavy atom. The molecule has 0 saturated heterocycles. The van der Waals surface area contributed by atoms with Gasteiger partial charge in [0.15, 0.2) is 6.10 Å². The second kappa shape index (κ2) is 6.05. The average Bonchev–Trinajstić information content (AvgIpc) is 2.32. The smallest absolute Gasteiger partial charge is 0.347 e. The standard InChI is InChI=1S/C13H17NO4/c1-4-17-12(15)9(3)18-13(16)10-6-5-8(2)11(14)7-10/h5-7,9H,4,14H2,1-3H3. The third-order valence-electron chi connectivity index (χ3n) is 2.42. The van der Waals surface area contributed by atoms with Gasteiger partial charge in [0.25, 0.3) is 0 Å². The average molecular weight is 251 g/mol. The quantitative estimate of drug-likeness (QED) is 0.650. The molecule has 98 valence electrons. The van der Waals surface area contributed by atoms with Crippen molar-refractivity contribution >= 4 is 17.6 Å². The van der Waals surface area contributed by atoms with E-state index in [0.717, 1.165) is 5.56 Å². The zero-order valence-corrected chi connectivity index (χ0v) is 10.7. The molecule has 0 aliphatic carbocycles. The highest BCUT2D eigenvalue weighted by molar-refractivity contribution is 5.92. The van der Waals surface area contributed by atoms with Crippen LogP contribution in [0.3, 0.4) is 0 Å². The summed E-state index contributed by atoms with van der Waals surface area (Å²) in [5.41, 5.74) is 7.40. The molecule has 0 aliphatic rings. The molecule has 5 heteroatoms. The van der Waals surface area contributed by atoms with Gasteiger partial charge < -0.3 is 15.2 Å². The fourth-order valence-electron chi connectivity index (χ4n) is 1.30. The number of carbonyl (C=O) groups excluding carboxylic acids is 2. The lowest BCUT2D eigenvalue weighted by Gasteiger charge is -2.12. The highest BCUT2D eigenvalue weighted by Crippen LogP contribution is 2.14. The van der Waals surface area contributed by atoms with Crippen molar-refractivity contribution in [2.45, 2.75) is 26.9 Å².